The van der Waals surface area contributed by atoms with Gasteiger partial charge >= 0.3 is 0 Å². The van der Waals surface area contributed by atoms with Gasteiger partial charge in [0.25, 0.3) is 0 Å². The van der Waals surface area contributed by atoms with Crippen molar-refractivity contribution in [3.63, 3.8) is 0 Å². The van der Waals surface area contributed by atoms with Gasteiger partial charge in [0.2, 0.25) is 5.91 Å². The second-order valence-corrected chi connectivity index (χ2v) is 5.32. The number of hydrogen-bond donors (Lipinski definition) is 2. The number of amides is 1. The minimum Gasteiger partial charge on any atom is -0.382 e. The summed E-state index contributed by atoms with van der Waals surface area (Å²) < 4.78 is 4.77. The van der Waals surface area contributed by atoms with E-state index in [4.69, 9.17) is 4.74 Å². The van der Waals surface area contributed by atoms with E-state index in [0.29, 0.717) is 6.04 Å². The molecule has 0 aromatic heterocycles. The van der Waals surface area contributed by atoms with Crippen molar-refractivity contribution in [2.45, 2.75) is 32.2 Å². The Hall–Kier alpha value is -1.55. The molecule has 19 heavy (non-hydrogen) atoms. The van der Waals surface area contributed by atoms with E-state index >= 15 is 0 Å². The molecule has 0 radical (unpaired) electrons. The fraction of sp³-hybridized carbons (Fsp3) is 0.533. The predicted octanol–water partition coefficient (Wildman–Crippen LogP) is 2.87. The molecule has 1 aliphatic carbocycles. The third-order valence-electron chi connectivity index (χ3n) is 3.51. The Morgan fingerprint density at radius 2 is 1.95 bits per heavy atom. The van der Waals surface area contributed by atoms with Crippen LogP contribution in [0.2, 0.25) is 0 Å². The van der Waals surface area contributed by atoms with E-state index < -0.39 is 0 Å². The van der Waals surface area contributed by atoms with Gasteiger partial charge < -0.3 is 15.4 Å². The lowest BCUT2D eigenvalue weighted by atomic mass is 10.1. The molecular formula is C15H22N2O2. The highest BCUT2D eigenvalue weighted by Gasteiger charge is 2.20. The molecule has 0 aliphatic heterocycles. The lowest BCUT2D eigenvalue weighted by Crippen LogP contribution is -2.17. The van der Waals surface area contributed by atoms with Crippen LogP contribution in [-0.4, -0.2) is 25.7 Å². The van der Waals surface area contributed by atoms with Gasteiger partial charge in [-0.15, -0.1) is 0 Å². The first-order valence-electron chi connectivity index (χ1n) is 6.82. The summed E-state index contributed by atoms with van der Waals surface area (Å²) in [6.07, 6.45) is 3.79. The Balaban J connectivity index is 1.86. The van der Waals surface area contributed by atoms with Gasteiger partial charge in [-0.05, 0) is 49.4 Å². The largest absolute Gasteiger partial charge is 0.382 e. The van der Waals surface area contributed by atoms with Crippen molar-refractivity contribution >= 4 is 17.3 Å². The number of methoxy groups -OCH3 is 1. The molecule has 1 aromatic carbocycles. The zero-order valence-electron chi connectivity index (χ0n) is 11.6. The molecule has 1 amide bonds. The van der Waals surface area contributed by atoms with Crippen molar-refractivity contribution in [1.29, 1.82) is 0 Å². The van der Waals surface area contributed by atoms with Crippen molar-refractivity contribution in [2.24, 2.45) is 5.92 Å². The fourth-order valence-electron chi connectivity index (χ4n) is 2.55. The summed E-state index contributed by atoms with van der Waals surface area (Å²) in [5.74, 6) is 0.693. The zero-order valence-corrected chi connectivity index (χ0v) is 11.6. The molecule has 2 N–H and O–H groups in total. The second-order valence-electron chi connectivity index (χ2n) is 5.32. The topological polar surface area (TPSA) is 50.4 Å². The van der Waals surface area contributed by atoms with Gasteiger partial charge in [-0.1, -0.05) is 6.92 Å². The lowest BCUT2D eigenvalue weighted by molar-refractivity contribution is -0.119. The maximum absolute atomic E-state index is 11.4. The number of nitrogens with one attached hydrogen (secondary N) is 2. The van der Waals surface area contributed by atoms with Crippen LogP contribution in [0.5, 0.6) is 0 Å². The van der Waals surface area contributed by atoms with Gasteiger partial charge in [0, 0.05) is 24.5 Å². The van der Waals surface area contributed by atoms with Crippen LogP contribution >= 0.6 is 0 Å². The van der Waals surface area contributed by atoms with E-state index in [1.165, 1.54) is 26.4 Å². The third kappa shape index (κ3) is 4.24. The summed E-state index contributed by atoms with van der Waals surface area (Å²) in [7, 11) is 1.51. The summed E-state index contributed by atoms with van der Waals surface area (Å²) in [5.41, 5.74) is 1.91. The Bertz CT molecular complexity index is 417. The van der Waals surface area contributed by atoms with E-state index in [1.54, 1.807) is 0 Å². The number of carbonyl (C=O) groups excluding carboxylic acids is 1. The Morgan fingerprint density at radius 1 is 1.26 bits per heavy atom. The van der Waals surface area contributed by atoms with Crippen molar-refractivity contribution in [1.82, 2.24) is 0 Å². The van der Waals surface area contributed by atoms with E-state index in [2.05, 4.69) is 17.6 Å². The standard InChI is InChI=1S/C15H22N2O2/c1-11-3-4-14(9-11)16-12-5-7-13(8-6-12)17-15(18)10-19-2/h5-8,11,14,16H,3-4,9-10H2,1-2H3,(H,17,18). The number of anilines is 2. The first-order chi connectivity index (χ1) is 9.17. The molecule has 1 fully saturated rings. The highest BCUT2D eigenvalue weighted by molar-refractivity contribution is 5.91. The Labute approximate surface area is 114 Å². The highest BCUT2D eigenvalue weighted by atomic mass is 16.5. The summed E-state index contributed by atoms with van der Waals surface area (Å²) in [5, 5.41) is 6.32. The summed E-state index contributed by atoms with van der Waals surface area (Å²) in [6.45, 7) is 2.38. The third-order valence-corrected chi connectivity index (χ3v) is 3.51. The minimum absolute atomic E-state index is 0.0833. The molecule has 1 aliphatic rings. The minimum atomic E-state index is -0.132. The van der Waals surface area contributed by atoms with Crippen LogP contribution < -0.4 is 10.6 Å². The van der Waals surface area contributed by atoms with Crippen LogP contribution in [0.4, 0.5) is 11.4 Å². The van der Waals surface area contributed by atoms with E-state index in [9.17, 15) is 4.79 Å². The molecule has 1 aromatic rings. The number of carbonyl (C=O) groups is 1. The number of rotatable bonds is 5. The lowest BCUT2D eigenvalue weighted by Gasteiger charge is -2.14. The van der Waals surface area contributed by atoms with Crippen molar-refractivity contribution in [3.05, 3.63) is 24.3 Å². The molecule has 1 saturated carbocycles. The average Bonchev–Trinajstić information content (AvgIpc) is 2.78. The van der Waals surface area contributed by atoms with Crippen molar-refractivity contribution in [3.8, 4) is 0 Å². The molecule has 2 rings (SSSR count). The van der Waals surface area contributed by atoms with Gasteiger partial charge in [0.1, 0.15) is 6.61 Å². The SMILES string of the molecule is COCC(=O)Nc1ccc(NC2CCC(C)C2)cc1. The summed E-state index contributed by atoms with van der Waals surface area (Å²) >= 11 is 0. The van der Waals surface area contributed by atoms with Crippen LogP contribution in [0.25, 0.3) is 0 Å². The smallest absolute Gasteiger partial charge is 0.250 e. The van der Waals surface area contributed by atoms with Crippen LogP contribution in [0, 0.1) is 5.92 Å². The van der Waals surface area contributed by atoms with Crippen LogP contribution in [-0.2, 0) is 9.53 Å². The highest BCUT2D eigenvalue weighted by Crippen LogP contribution is 2.27. The quantitative estimate of drug-likeness (QED) is 0.858. The number of benzene rings is 1. The fourth-order valence-corrected chi connectivity index (χ4v) is 2.55. The van der Waals surface area contributed by atoms with Gasteiger partial charge in [0.05, 0.1) is 0 Å². The second kappa shape index (κ2) is 6.57. The van der Waals surface area contributed by atoms with Crippen LogP contribution in [0.3, 0.4) is 0 Å². The average molecular weight is 262 g/mol. The molecule has 4 heteroatoms. The molecule has 0 bridgehead atoms. The van der Waals surface area contributed by atoms with Gasteiger partial charge in [-0.3, -0.25) is 4.79 Å². The van der Waals surface area contributed by atoms with Gasteiger partial charge in [-0.2, -0.15) is 0 Å². The first kappa shape index (κ1) is 13.9. The zero-order chi connectivity index (χ0) is 13.7. The van der Waals surface area contributed by atoms with E-state index in [1.807, 2.05) is 24.3 Å². The molecular weight excluding hydrogens is 240 g/mol. The van der Waals surface area contributed by atoms with Crippen molar-refractivity contribution in [2.75, 3.05) is 24.4 Å². The molecule has 0 spiro atoms. The molecule has 2 unspecified atom stereocenters. The summed E-state index contributed by atoms with van der Waals surface area (Å²) in [6, 6.07) is 8.42. The maximum atomic E-state index is 11.4. The van der Waals surface area contributed by atoms with Gasteiger partial charge in [-0.25, -0.2) is 0 Å². The maximum Gasteiger partial charge on any atom is 0.250 e. The number of ether oxygens (including phenoxy) is 1. The molecule has 4 nitrogen and oxygen atoms in total. The van der Waals surface area contributed by atoms with E-state index in [-0.39, 0.29) is 12.5 Å². The molecule has 2 atom stereocenters. The molecule has 104 valence electrons. The Morgan fingerprint density at radius 3 is 2.53 bits per heavy atom. The molecule has 0 heterocycles. The van der Waals surface area contributed by atoms with Crippen LogP contribution in [0.1, 0.15) is 26.2 Å². The first-order valence-corrected chi connectivity index (χ1v) is 6.82. The Kier molecular flexibility index (Phi) is 4.80. The van der Waals surface area contributed by atoms with E-state index in [0.717, 1.165) is 17.3 Å². The molecule has 0 saturated heterocycles. The monoisotopic (exact) mass is 262 g/mol. The summed E-state index contributed by atoms with van der Waals surface area (Å²) in [4.78, 5) is 11.4. The van der Waals surface area contributed by atoms with Crippen LogP contribution in [0.15, 0.2) is 24.3 Å². The number of hydrogen-bond acceptors (Lipinski definition) is 3. The predicted molar refractivity (Wildman–Crippen MR) is 77.4 cm³/mol. The van der Waals surface area contributed by atoms with Crippen molar-refractivity contribution < 1.29 is 9.53 Å². The normalized spacial score (nSPS) is 22.2. The van der Waals surface area contributed by atoms with Gasteiger partial charge in [0.15, 0.2) is 0 Å².